The van der Waals surface area contributed by atoms with Crippen LogP contribution in [0.25, 0.3) is 0 Å². The number of hydrogen-bond donors (Lipinski definition) is 2. The van der Waals surface area contributed by atoms with E-state index in [1.165, 1.54) is 18.2 Å². The SMILES string of the molecule is C=CCN(CC)S(=O)(=O)c1cc(N)ccc1C(=O)O. The highest BCUT2D eigenvalue weighted by molar-refractivity contribution is 7.89. The van der Waals surface area contributed by atoms with Crippen molar-refractivity contribution in [3.05, 3.63) is 36.4 Å². The molecule has 6 nitrogen and oxygen atoms in total. The minimum Gasteiger partial charge on any atom is -0.478 e. The summed E-state index contributed by atoms with van der Waals surface area (Å²) in [5, 5.41) is 9.06. The Hall–Kier alpha value is -1.86. The number of carboxylic acid groups (broad SMARTS) is 1. The minimum absolute atomic E-state index is 0.104. The van der Waals surface area contributed by atoms with Gasteiger partial charge in [-0.15, -0.1) is 6.58 Å². The zero-order valence-electron chi connectivity index (χ0n) is 10.5. The van der Waals surface area contributed by atoms with E-state index in [-0.39, 0.29) is 29.2 Å². The summed E-state index contributed by atoms with van der Waals surface area (Å²) in [5.74, 6) is -1.31. The molecular formula is C12H16N2O4S. The molecule has 0 unspecified atom stereocenters. The molecule has 0 aliphatic heterocycles. The molecule has 1 aromatic carbocycles. The van der Waals surface area contributed by atoms with Crippen molar-refractivity contribution in [1.82, 2.24) is 4.31 Å². The predicted octanol–water partition coefficient (Wildman–Crippen LogP) is 1.16. The molecule has 0 aromatic heterocycles. The molecule has 0 fully saturated rings. The van der Waals surface area contributed by atoms with E-state index in [0.29, 0.717) is 0 Å². The Labute approximate surface area is 112 Å². The fourth-order valence-corrected chi connectivity index (χ4v) is 3.25. The Balaban J connectivity index is 3.46. The summed E-state index contributed by atoms with van der Waals surface area (Å²) in [6, 6.07) is 3.70. The lowest BCUT2D eigenvalue weighted by atomic mass is 10.2. The average Bonchev–Trinajstić information content (AvgIpc) is 2.35. The number of carbonyl (C=O) groups is 1. The first-order valence-electron chi connectivity index (χ1n) is 5.58. The third-order valence-corrected chi connectivity index (χ3v) is 4.52. The Bertz CT molecular complexity index is 596. The maximum atomic E-state index is 12.4. The van der Waals surface area contributed by atoms with Gasteiger partial charge in [0.2, 0.25) is 10.0 Å². The number of likely N-dealkylation sites (N-methyl/N-ethyl adjacent to an activating group) is 1. The van der Waals surface area contributed by atoms with Crippen molar-refractivity contribution in [2.75, 3.05) is 18.8 Å². The van der Waals surface area contributed by atoms with Crippen LogP contribution < -0.4 is 5.73 Å². The van der Waals surface area contributed by atoms with Gasteiger partial charge in [0.15, 0.2) is 0 Å². The first kappa shape index (κ1) is 15.2. The number of sulfonamides is 1. The molecule has 0 saturated heterocycles. The first-order valence-corrected chi connectivity index (χ1v) is 7.02. The van der Waals surface area contributed by atoms with E-state index in [2.05, 4.69) is 6.58 Å². The van der Waals surface area contributed by atoms with Crippen LogP contribution in [0.3, 0.4) is 0 Å². The Morgan fingerprint density at radius 3 is 2.63 bits per heavy atom. The van der Waals surface area contributed by atoms with E-state index in [9.17, 15) is 13.2 Å². The molecule has 19 heavy (non-hydrogen) atoms. The molecule has 3 N–H and O–H groups in total. The number of nitrogens with two attached hydrogens (primary N) is 1. The van der Waals surface area contributed by atoms with E-state index in [4.69, 9.17) is 10.8 Å². The van der Waals surface area contributed by atoms with Gasteiger partial charge in [0, 0.05) is 18.8 Å². The Morgan fingerprint density at radius 2 is 2.16 bits per heavy atom. The molecule has 0 spiro atoms. The lowest BCUT2D eigenvalue weighted by molar-refractivity contribution is 0.0692. The van der Waals surface area contributed by atoms with Crippen LogP contribution >= 0.6 is 0 Å². The summed E-state index contributed by atoms with van der Waals surface area (Å²) >= 11 is 0. The molecule has 0 aliphatic carbocycles. The summed E-state index contributed by atoms with van der Waals surface area (Å²) in [5.41, 5.74) is 5.44. The fourth-order valence-electron chi connectivity index (χ4n) is 1.61. The van der Waals surface area contributed by atoms with Crippen molar-refractivity contribution < 1.29 is 18.3 Å². The van der Waals surface area contributed by atoms with E-state index in [1.54, 1.807) is 6.92 Å². The highest BCUT2D eigenvalue weighted by atomic mass is 32.2. The van der Waals surface area contributed by atoms with E-state index in [1.807, 2.05) is 0 Å². The number of rotatable bonds is 6. The van der Waals surface area contributed by atoms with Crippen molar-refractivity contribution in [3.63, 3.8) is 0 Å². The molecule has 0 atom stereocenters. The smallest absolute Gasteiger partial charge is 0.337 e. The van der Waals surface area contributed by atoms with Gasteiger partial charge in [-0.25, -0.2) is 13.2 Å². The lowest BCUT2D eigenvalue weighted by Gasteiger charge is -2.20. The van der Waals surface area contributed by atoms with Gasteiger partial charge in [-0.05, 0) is 18.2 Å². The van der Waals surface area contributed by atoms with Crippen LogP contribution in [-0.2, 0) is 10.0 Å². The summed E-state index contributed by atoms with van der Waals surface area (Å²) in [6.07, 6.45) is 1.44. The minimum atomic E-state index is -3.91. The molecule has 0 bridgehead atoms. The molecule has 0 saturated carbocycles. The molecule has 7 heteroatoms. The molecule has 0 amide bonds. The Morgan fingerprint density at radius 1 is 1.53 bits per heavy atom. The van der Waals surface area contributed by atoms with Crippen LogP contribution in [0.5, 0.6) is 0 Å². The van der Waals surface area contributed by atoms with E-state index >= 15 is 0 Å². The molecule has 1 rings (SSSR count). The molecule has 0 heterocycles. The molecule has 0 aliphatic rings. The maximum absolute atomic E-state index is 12.4. The van der Waals surface area contributed by atoms with Crippen molar-refractivity contribution >= 4 is 21.7 Å². The quantitative estimate of drug-likeness (QED) is 0.603. The second kappa shape index (κ2) is 5.85. The van der Waals surface area contributed by atoms with E-state index < -0.39 is 16.0 Å². The number of nitrogen functional groups attached to an aromatic ring is 1. The summed E-state index contributed by atoms with van der Waals surface area (Å²) in [6.45, 7) is 5.46. The topological polar surface area (TPSA) is 101 Å². The van der Waals surface area contributed by atoms with Gasteiger partial charge >= 0.3 is 5.97 Å². The van der Waals surface area contributed by atoms with Crippen molar-refractivity contribution in [3.8, 4) is 0 Å². The third-order valence-electron chi connectivity index (χ3n) is 2.54. The highest BCUT2D eigenvalue weighted by Gasteiger charge is 2.27. The number of benzene rings is 1. The zero-order chi connectivity index (χ0) is 14.6. The second-order valence-corrected chi connectivity index (χ2v) is 5.71. The van der Waals surface area contributed by atoms with Crippen molar-refractivity contribution in [1.29, 1.82) is 0 Å². The van der Waals surface area contributed by atoms with E-state index in [0.717, 1.165) is 10.4 Å². The van der Waals surface area contributed by atoms with Crippen LogP contribution in [0.4, 0.5) is 5.69 Å². The number of aromatic carboxylic acids is 1. The lowest BCUT2D eigenvalue weighted by Crippen LogP contribution is -2.32. The summed E-state index contributed by atoms with van der Waals surface area (Å²) in [7, 11) is -3.91. The van der Waals surface area contributed by atoms with Crippen LogP contribution in [0.1, 0.15) is 17.3 Å². The molecule has 0 radical (unpaired) electrons. The predicted molar refractivity (Wildman–Crippen MR) is 72.4 cm³/mol. The average molecular weight is 284 g/mol. The number of carboxylic acids is 1. The van der Waals surface area contributed by atoms with Gasteiger partial charge in [0.05, 0.1) is 10.5 Å². The fraction of sp³-hybridized carbons (Fsp3) is 0.250. The maximum Gasteiger partial charge on any atom is 0.337 e. The van der Waals surface area contributed by atoms with Crippen molar-refractivity contribution in [2.24, 2.45) is 0 Å². The standard InChI is InChI=1S/C12H16N2O4S/c1-3-7-14(4-2)19(17,18)11-8-9(13)5-6-10(11)12(15)16/h3,5-6,8H,1,4,7,13H2,2H3,(H,15,16). The van der Waals surface area contributed by atoms with Crippen LogP contribution in [0, 0.1) is 0 Å². The largest absolute Gasteiger partial charge is 0.478 e. The van der Waals surface area contributed by atoms with Gasteiger partial charge in [0.25, 0.3) is 0 Å². The van der Waals surface area contributed by atoms with Crippen LogP contribution in [0.2, 0.25) is 0 Å². The zero-order valence-corrected chi connectivity index (χ0v) is 11.4. The first-order chi connectivity index (χ1) is 8.84. The van der Waals surface area contributed by atoms with Gasteiger partial charge < -0.3 is 10.8 Å². The number of anilines is 1. The normalized spacial score (nSPS) is 11.5. The third kappa shape index (κ3) is 3.12. The van der Waals surface area contributed by atoms with Crippen LogP contribution in [0.15, 0.2) is 35.7 Å². The monoisotopic (exact) mass is 284 g/mol. The highest BCUT2D eigenvalue weighted by Crippen LogP contribution is 2.23. The molecule has 1 aromatic rings. The Kier molecular flexibility index (Phi) is 4.68. The summed E-state index contributed by atoms with van der Waals surface area (Å²) in [4.78, 5) is 10.8. The second-order valence-electron chi connectivity index (χ2n) is 3.81. The van der Waals surface area contributed by atoms with Gasteiger partial charge in [0.1, 0.15) is 0 Å². The van der Waals surface area contributed by atoms with Gasteiger partial charge in [-0.1, -0.05) is 13.0 Å². The number of hydrogen-bond acceptors (Lipinski definition) is 4. The van der Waals surface area contributed by atoms with Gasteiger partial charge in [-0.3, -0.25) is 0 Å². The van der Waals surface area contributed by atoms with Crippen LogP contribution in [-0.4, -0.2) is 36.9 Å². The molecular weight excluding hydrogens is 268 g/mol. The summed E-state index contributed by atoms with van der Waals surface area (Å²) < 4.78 is 25.9. The van der Waals surface area contributed by atoms with Crippen molar-refractivity contribution in [2.45, 2.75) is 11.8 Å². The number of nitrogens with zero attached hydrogens (tertiary/aromatic N) is 1. The van der Waals surface area contributed by atoms with Gasteiger partial charge in [-0.2, -0.15) is 4.31 Å². The molecule has 104 valence electrons.